The molecule has 0 saturated carbocycles. The molecule has 0 spiro atoms. The van der Waals surface area contributed by atoms with Crippen molar-refractivity contribution in [2.75, 3.05) is 0 Å². The largest absolute Gasteiger partial charge is 0.309 e. The second-order valence-electron chi connectivity index (χ2n) is 14.6. The highest BCUT2D eigenvalue weighted by atomic mass is 32.1. The van der Waals surface area contributed by atoms with Crippen molar-refractivity contribution in [3.8, 4) is 61.5 Å². The summed E-state index contributed by atoms with van der Waals surface area (Å²) in [5.74, 6) is 1.94. The maximum Gasteiger partial charge on any atom is 0.165 e. The Balaban J connectivity index is 1.00. The molecule has 0 N–H and O–H groups in total. The number of rotatable bonds is 6. The van der Waals surface area contributed by atoms with Crippen molar-refractivity contribution in [1.29, 1.82) is 0 Å². The molecule has 59 heavy (non-hydrogen) atoms. The molecule has 4 aromatic heterocycles. The van der Waals surface area contributed by atoms with E-state index in [1.807, 2.05) is 24.3 Å². The van der Waals surface area contributed by atoms with Gasteiger partial charge in [0.15, 0.2) is 17.5 Å². The zero-order valence-electron chi connectivity index (χ0n) is 31.5. The van der Waals surface area contributed by atoms with Gasteiger partial charge in [0.25, 0.3) is 0 Å². The first kappa shape index (κ1) is 33.8. The maximum atomic E-state index is 5.34. The number of hydrogen-bond donors (Lipinski definition) is 0. The summed E-state index contributed by atoms with van der Waals surface area (Å²) < 4.78 is 5.91. The van der Waals surface area contributed by atoms with E-state index in [0.717, 1.165) is 65.0 Å². The van der Waals surface area contributed by atoms with Crippen molar-refractivity contribution >= 4 is 74.9 Å². The molecule has 0 atom stereocenters. The van der Waals surface area contributed by atoms with Crippen LogP contribution >= 0.6 is 22.7 Å². The molecule has 0 unspecified atom stereocenters. The van der Waals surface area contributed by atoms with E-state index in [9.17, 15) is 0 Å². The van der Waals surface area contributed by atoms with Gasteiger partial charge in [-0.25, -0.2) is 19.9 Å². The first-order chi connectivity index (χ1) is 29.2. The third-order valence-corrected chi connectivity index (χ3v) is 13.4. The van der Waals surface area contributed by atoms with E-state index in [-0.39, 0.29) is 0 Å². The number of nitrogens with zero attached hydrogens (tertiary/aromatic N) is 5. The van der Waals surface area contributed by atoms with Gasteiger partial charge in [0, 0.05) is 58.9 Å². The second kappa shape index (κ2) is 13.7. The second-order valence-corrected chi connectivity index (χ2v) is 16.7. The third-order valence-electron chi connectivity index (χ3n) is 11.1. The highest BCUT2D eigenvalue weighted by Gasteiger charge is 2.21. The fraction of sp³-hybridized carbons (Fsp3) is 0. The Kier molecular flexibility index (Phi) is 7.82. The summed E-state index contributed by atoms with van der Waals surface area (Å²) in [7, 11) is 0. The number of thiophene rings is 1. The zero-order chi connectivity index (χ0) is 38.9. The van der Waals surface area contributed by atoms with Crippen LogP contribution in [-0.4, -0.2) is 24.5 Å². The topological polar surface area (TPSA) is 56.5 Å². The summed E-state index contributed by atoms with van der Waals surface area (Å²) in [6, 6.07) is 66.2. The average Bonchev–Trinajstić information content (AvgIpc) is 4.01. The summed E-state index contributed by atoms with van der Waals surface area (Å²) in [6.45, 7) is 0. The Morgan fingerprint density at radius 1 is 0.373 bits per heavy atom. The Morgan fingerprint density at radius 2 is 1.02 bits per heavy atom. The van der Waals surface area contributed by atoms with Gasteiger partial charge in [-0.15, -0.1) is 22.7 Å². The molecule has 7 heteroatoms. The minimum absolute atomic E-state index is 0.643. The first-order valence-corrected chi connectivity index (χ1v) is 21.2. The molecular weight excluding hydrogens is 759 g/mol. The van der Waals surface area contributed by atoms with Gasteiger partial charge < -0.3 is 4.57 Å². The molecule has 5 nitrogen and oxygen atoms in total. The lowest BCUT2D eigenvalue weighted by Gasteiger charge is -2.11. The number of para-hydroxylation sites is 3. The Labute approximate surface area is 347 Å². The molecular formula is C52H31N5S2. The molecule has 12 aromatic rings. The lowest BCUT2D eigenvalue weighted by atomic mass is 10.0. The molecule has 8 aromatic carbocycles. The van der Waals surface area contributed by atoms with E-state index < -0.39 is 0 Å². The molecule has 0 saturated heterocycles. The normalized spacial score (nSPS) is 11.7. The van der Waals surface area contributed by atoms with Gasteiger partial charge >= 0.3 is 0 Å². The highest BCUT2D eigenvalue weighted by molar-refractivity contribution is 7.26. The molecule has 0 amide bonds. The standard InChI is InChI=1S/C52H31N5S2/c1-3-13-33(14-4-1)49-54-50(39-19-12-23-44-47(39)38-17-7-9-22-43(38)57(44)36-15-5-2-6-16-36)56-51(55-49)40-20-11-18-37-41-31-35(29-30-45(41)58-48(37)40)32-25-27-34(28-26-32)52-53-42-21-8-10-24-46(42)59-52/h1-31H. The number of hydrogen-bond acceptors (Lipinski definition) is 6. The number of aromatic nitrogens is 5. The fourth-order valence-electron chi connectivity index (χ4n) is 8.35. The monoisotopic (exact) mass is 789 g/mol. The zero-order valence-corrected chi connectivity index (χ0v) is 33.1. The molecule has 4 heterocycles. The molecule has 12 rings (SSSR count). The van der Waals surface area contributed by atoms with Crippen LogP contribution in [0.5, 0.6) is 0 Å². The van der Waals surface area contributed by atoms with E-state index in [2.05, 4.69) is 168 Å². The van der Waals surface area contributed by atoms with Crippen LogP contribution in [0.3, 0.4) is 0 Å². The maximum absolute atomic E-state index is 5.34. The molecule has 0 aliphatic rings. The van der Waals surface area contributed by atoms with Crippen LogP contribution in [0.4, 0.5) is 0 Å². The fourth-order valence-corrected chi connectivity index (χ4v) is 10.5. The van der Waals surface area contributed by atoms with Gasteiger partial charge in [-0.3, -0.25) is 0 Å². The number of fused-ring (bicyclic) bond motifs is 7. The predicted octanol–water partition coefficient (Wildman–Crippen LogP) is 14.3. The van der Waals surface area contributed by atoms with Crippen molar-refractivity contribution in [3.05, 3.63) is 188 Å². The summed E-state index contributed by atoms with van der Waals surface area (Å²) >= 11 is 3.52. The predicted molar refractivity (Wildman–Crippen MR) is 247 cm³/mol. The molecule has 0 bridgehead atoms. The van der Waals surface area contributed by atoms with Gasteiger partial charge in [0.2, 0.25) is 0 Å². The minimum atomic E-state index is 0.643. The van der Waals surface area contributed by atoms with Crippen LogP contribution in [0.2, 0.25) is 0 Å². The smallest absolute Gasteiger partial charge is 0.165 e. The minimum Gasteiger partial charge on any atom is -0.309 e. The molecule has 276 valence electrons. The SMILES string of the molecule is c1ccc(-c2nc(-c3cccc4c3sc3ccc(-c5ccc(-c6nc7ccccc7s6)cc5)cc34)nc(-c3cccc4c3c3ccccc3n4-c3ccccc3)n2)cc1. The van der Waals surface area contributed by atoms with Crippen molar-refractivity contribution in [2.45, 2.75) is 0 Å². The summed E-state index contributed by atoms with van der Waals surface area (Å²) in [5.41, 5.74) is 10.8. The quantitative estimate of drug-likeness (QED) is 0.168. The van der Waals surface area contributed by atoms with Crippen molar-refractivity contribution < 1.29 is 0 Å². The van der Waals surface area contributed by atoms with Gasteiger partial charge in [0.1, 0.15) is 5.01 Å². The molecule has 0 fully saturated rings. The van der Waals surface area contributed by atoms with Crippen LogP contribution < -0.4 is 0 Å². The van der Waals surface area contributed by atoms with E-state index in [0.29, 0.717) is 17.5 Å². The van der Waals surface area contributed by atoms with Gasteiger partial charge in [-0.1, -0.05) is 133 Å². The summed E-state index contributed by atoms with van der Waals surface area (Å²) in [6.07, 6.45) is 0. The van der Waals surface area contributed by atoms with E-state index >= 15 is 0 Å². The van der Waals surface area contributed by atoms with Crippen molar-refractivity contribution in [3.63, 3.8) is 0 Å². The van der Waals surface area contributed by atoms with Gasteiger partial charge in [-0.2, -0.15) is 0 Å². The van der Waals surface area contributed by atoms with E-state index in [4.69, 9.17) is 19.9 Å². The summed E-state index contributed by atoms with van der Waals surface area (Å²) in [5, 5.41) is 5.71. The van der Waals surface area contributed by atoms with Crippen LogP contribution in [0.15, 0.2) is 188 Å². The van der Waals surface area contributed by atoms with Gasteiger partial charge in [0.05, 0.1) is 21.3 Å². The highest BCUT2D eigenvalue weighted by Crippen LogP contribution is 2.43. The third kappa shape index (κ3) is 5.66. The van der Waals surface area contributed by atoms with Crippen LogP contribution in [0.1, 0.15) is 0 Å². The van der Waals surface area contributed by atoms with E-state index in [1.165, 1.54) is 31.3 Å². The Morgan fingerprint density at radius 3 is 1.86 bits per heavy atom. The van der Waals surface area contributed by atoms with E-state index in [1.54, 1.807) is 22.7 Å². The lowest BCUT2D eigenvalue weighted by Crippen LogP contribution is -2.00. The van der Waals surface area contributed by atoms with Gasteiger partial charge in [-0.05, 0) is 65.7 Å². The Bertz CT molecular complexity index is 3520. The Hall–Kier alpha value is -7.32. The number of benzene rings is 8. The molecule has 0 radical (unpaired) electrons. The number of thiazole rings is 1. The first-order valence-electron chi connectivity index (χ1n) is 19.5. The van der Waals surface area contributed by atoms with Crippen LogP contribution in [0.25, 0.3) is 114 Å². The lowest BCUT2D eigenvalue weighted by molar-refractivity contribution is 1.08. The van der Waals surface area contributed by atoms with Crippen molar-refractivity contribution in [1.82, 2.24) is 24.5 Å². The molecule has 0 aliphatic heterocycles. The van der Waals surface area contributed by atoms with Crippen molar-refractivity contribution in [2.24, 2.45) is 0 Å². The van der Waals surface area contributed by atoms with Crippen LogP contribution in [-0.2, 0) is 0 Å². The molecule has 0 aliphatic carbocycles. The summed E-state index contributed by atoms with van der Waals surface area (Å²) in [4.78, 5) is 20.6. The van der Waals surface area contributed by atoms with Crippen LogP contribution in [0, 0.1) is 0 Å². The average molecular weight is 790 g/mol.